The van der Waals surface area contributed by atoms with Gasteiger partial charge in [-0.2, -0.15) is 0 Å². The highest BCUT2D eigenvalue weighted by Crippen LogP contribution is 2.17. The number of rotatable bonds is 2. The van der Waals surface area contributed by atoms with Crippen molar-refractivity contribution in [2.75, 3.05) is 0 Å². The lowest BCUT2D eigenvalue weighted by molar-refractivity contribution is 0.579. The first kappa shape index (κ1) is 11.9. The maximum Gasteiger partial charge on any atom is 0.328 e. The van der Waals surface area contributed by atoms with Gasteiger partial charge in [-0.3, -0.25) is 19.3 Å². The van der Waals surface area contributed by atoms with Crippen molar-refractivity contribution in [3.05, 3.63) is 62.2 Å². The molecular formula is C14H15N3O2. The molecule has 19 heavy (non-hydrogen) atoms. The highest BCUT2D eigenvalue weighted by atomic mass is 16.2. The maximum absolute atomic E-state index is 12.0. The number of hydrogen-bond donors (Lipinski definition) is 1. The summed E-state index contributed by atoms with van der Waals surface area (Å²) in [6, 6.07) is 3.78. The van der Waals surface area contributed by atoms with Gasteiger partial charge in [-0.05, 0) is 37.3 Å². The number of nitrogens with one attached hydrogen (secondary N) is 1. The highest BCUT2D eigenvalue weighted by Gasteiger charge is 2.18. The fraction of sp³-hybridized carbons (Fsp3) is 0.357. The van der Waals surface area contributed by atoms with Crippen molar-refractivity contribution in [1.29, 1.82) is 0 Å². The first-order chi connectivity index (χ1) is 9.25. The first-order valence-electron chi connectivity index (χ1n) is 6.49. The standard InChI is InChI=1S/C14H15N3O2/c18-13-11-5-1-2-6-12(11)17(14(19)16-13)9-10-4-3-7-15-8-10/h3-4,7-8H,1-2,5-6,9H2,(H,16,18,19). The first-order valence-corrected chi connectivity index (χ1v) is 6.49. The Hall–Kier alpha value is -2.17. The zero-order valence-electron chi connectivity index (χ0n) is 10.6. The molecular weight excluding hydrogens is 242 g/mol. The number of pyridine rings is 1. The Kier molecular flexibility index (Phi) is 3.03. The van der Waals surface area contributed by atoms with Crippen LogP contribution in [0.1, 0.15) is 29.7 Å². The third-order valence-corrected chi connectivity index (χ3v) is 3.57. The van der Waals surface area contributed by atoms with E-state index in [0.29, 0.717) is 6.54 Å². The molecule has 1 aliphatic carbocycles. The lowest BCUT2D eigenvalue weighted by atomic mass is 9.97. The zero-order valence-corrected chi connectivity index (χ0v) is 10.6. The zero-order chi connectivity index (χ0) is 13.2. The molecule has 0 unspecified atom stereocenters. The maximum atomic E-state index is 12.0. The molecule has 0 bridgehead atoms. The minimum absolute atomic E-state index is 0.220. The molecule has 0 spiro atoms. The Labute approximate surface area is 109 Å². The van der Waals surface area contributed by atoms with Crippen molar-refractivity contribution in [3.63, 3.8) is 0 Å². The molecule has 0 fully saturated rings. The minimum Gasteiger partial charge on any atom is -0.293 e. The van der Waals surface area contributed by atoms with Gasteiger partial charge in [-0.1, -0.05) is 6.07 Å². The third kappa shape index (κ3) is 2.23. The fourth-order valence-electron chi connectivity index (χ4n) is 2.64. The van der Waals surface area contributed by atoms with Gasteiger partial charge >= 0.3 is 5.69 Å². The summed E-state index contributed by atoms with van der Waals surface area (Å²) in [5.74, 6) is 0. The summed E-state index contributed by atoms with van der Waals surface area (Å²) < 4.78 is 1.67. The van der Waals surface area contributed by atoms with Gasteiger partial charge in [0.1, 0.15) is 0 Å². The second kappa shape index (κ2) is 4.84. The molecule has 1 N–H and O–H groups in total. The summed E-state index contributed by atoms with van der Waals surface area (Å²) in [7, 11) is 0. The van der Waals surface area contributed by atoms with E-state index in [-0.39, 0.29) is 11.2 Å². The second-order valence-corrected chi connectivity index (χ2v) is 4.84. The van der Waals surface area contributed by atoms with Crippen LogP contribution in [0.5, 0.6) is 0 Å². The van der Waals surface area contributed by atoms with Crippen molar-refractivity contribution in [2.45, 2.75) is 32.2 Å². The van der Waals surface area contributed by atoms with E-state index >= 15 is 0 Å². The molecule has 2 aromatic rings. The van der Waals surface area contributed by atoms with E-state index in [4.69, 9.17) is 0 Å². The second-order valence-electron chi connectivity index (χ2n) is 4.84. The molecule has 2 aromatic heterocycles. The van der Waals surface area contributed by atoms with E-state index in [2.05, 4.69) is 9.97 Å². The molecule has 2 heterocycles. The Bertz CT molecular complexity index is 701. The third-order valence-electron chi connectivity index (χ3n) is 3.57. The summed E-state index contributed by atoms with van der Waals surface area (Å²) in [5, 5.41) is 0. The fourth-order valence-corrected chi connectivity index (χ4v) is 2.64. The Balaban J connectivity index is 2.11. The van der Waals surface area contributed by atoms with Crippen LogP contribution in [0.15, 0.2) is 34.1 Å². The highest BCUT2D eigenvalue weighted by molar-refractivity contribution is 5.22. The van der Waals surface area contributed by atoms with Gasteiger partial charge in [0.2, 0.25) is 0 Å². The SMILES string of the molecule is O=c1[nH]c(=O)n(Cc2cccnc2)c2c1CCCC2. The van der Waals surface area contributed by atoms with Gasteiger partial charge in [0.25, 0.3) is 5.56 Å². The van der Waals surface area contributed by atoms with Crippen LogP contribution in [0, 0.1) is 0 Å². The number of aromatic nitrogens is 3. The summed E-state index contributed by atoms with van der Waals surface area (Å²) in [6.45, 7) is 0.464. The quantitative estimate of drug-likeness (QED) is 0.867. The van der Waals surface area contributed by atoms with E-state index in [1.165, 1.54) is 0 Å². The van der Waals surface area contributed by atoms with Crippen molar-refractivity contribution in [3.8, 4) is 0 Å². The van der Waals surface area contributed by atoms with Crippen LogP contribution in [-0.2, 0) is 19.4 Å². The van der Waals surface area contributed by atoms with E-state index in [1.807, 2.05) is 12.1 Å². The number of nitrogens with zero attached hydrogens (tertiary/aromatic N) is 2. The van der Waals surface area contributed by atoms with Crippen LogP contribution < -0.4 is 11.2 Å². The predicted octanol–water partition coefficient (Wildman–Crippen LogP) is 0.859. The normalized spacial score (nSPS) is 14.1. The van der Waals surface area contributed by atoms with Crippen LogP contribution in [-0.4, -0.2) is 14.5 Å². The van der Waals surface area contributed by atoms with E-state index < -0.39 is 0 Å². The predicted molar refractivity (Wildman–Crippen MR) is 71.3 cm³/mol. The Morgan fingerprint density at radius 1 is 1.26 bits per heavy atom. The van der Waals surface area contributed by atoms with E-state index in [9.17, 15) is 9.59 Å². The molecule has 0 aliphatic heterocycles. The van der Waals surface area contributed by atoms with Gasteiger partial charge in [-0.25, -0.2) is 4.79 Å². The molecule has 1 aliphatic rings. The molecule has 0 amide bonds. The van der Waals surface area contributed by atoms with E-state index in [1.54, 1.807) is 17.0 Å². The van der Waals surface area contributed by atoms with Crippen molar-refractivity contribution >= 4 is 0 Å². The van der Waals surface area contributed by atoms with Crippen molar-refractivity contribution in [2.24, 2.45) is 0 Å². The van der Waals surface area contributed by atoms with Gasteiger partial charge in [0.15, 0.2) is 0 Å². The molecule has 5 heteroatoms. The minimum atomic E-state index is -0.325. The van der Waals surface area contributed by atoms with Crippen molar-refractivity contribution in [1.82, 2.24) is 14.5 Å². The summed E-state index contributed by atoms with van der Waals surface area (Å²) in [4.78, 5) is 30.3. The largest absolute Gasteiger partial charge is 0.328 e. The van der Waals surface area contributed by atoms with Gasteiger partial charge in [0, 0.05) is 23.7 Å². The molecule has 0 saturated carbocycles. The average Bonchev–Trinajstić information content (AvgIpc) is 2.45. The van der Waals surface area contributed by atoms with Crippen molar-refractivity contribution < 1.29 is 0 Å². The van der Waals surface area contributed by atoms with Gasteiger partial charge in [0.05, 0.1) is 6.54 Å². The molecule has 0 aromatic carbocycles. The number of fused-ring (bicyclic) bond motifs is 1. The molecule has 0 saturated heterocycles. The summed E-state index contributed by atoms with van der Waals surface area (Å²) in [5.41, 5.74) is 2.08. The summed E-state index contributed by atoms with van der Waals surface area (Å²) >= 11 is 0. The van der Waals surface area contributed by atoms with Crippen LogP contribution >= 0.6 is 0 Å². The molecule has 3 rings (SSSR count). The smallest absolute Gasteiger partial charge is 0.293 e. The monoisotopic (exact) mass is 257 g/mol. The molecule has 5 nitrogen and oxygen atoms in total. The number of aromatic amines is 1. The molecule has 0 radical (unpaired) electrons. The van der Waals surface area contributed by atoms with E-state index in [0.717, 1.165) is 42.5 Å². The Morgan fingerprint density at radius 3 is 2.89 bits per heavy atom. The Morgan fingerprint density at radius 2 is 2.11 bits per heavy atom. The van der Waals surface area contributed by atoms with Gasteiger partial charge in [-0.15, -0.1) is 0 Å². The van der Waals surface area contributed by atoms with Crippen LogP contribution in [0.4, 0.5) is 0 Å². The lowest BCUT2D eigenvalue weighted by Gasteiger charge is -2.19. The number of hydrogen-bond acceptors (Lipinski definition) is 3. The molecule has 0 atom stereocenters. The topological polar surface area (TPSA) is 67.8 Å². The average molecular weight is 257 g/mol. The number of H-pyrrole nitrogens is 1. The summed E-state index contributed by atoms with van der Waals surface area (Å²) in [6.07, 6.45) is 7.05. The van der Waals surface area contributed by atoms with Crippen LogP contribution in [0.3, 0.4) is 0 Å². The molecule has 98 valence electrons. The lowest BCUT2D eigenvalue weighted by Crippen LogP contribution is -2.37. The van der Waals surface area contributed by atoms with Gasteiger partial charge < -0.3 is 0 Å². The van der Waals surface area contributed by atoms with Crippen LogP contribution in [0.2, 0.25) is 0 Å². The van der Waals surface area contributed by atoms with Crippen LogP contribution in [0.25, 0.3) is 0 Å².